The molecule has 2 heterocycles. The van der Waals surface area contributed by atoms with Crippen LogP contribution in [-0.2, 0) is 13.7 Å². The van der Waals surface area contributed by atoms with Crippen molar-refractivity contribution in [2.24, 2.45) is 7.05 Å². The Hall–Kier alpha value is -2.36. The molecule has 0 fully saturated rings. The SMILES string of the molecule is Cc1cc(OCc2ccccc2)nc2c1c(C)nn2C. The quantitative estimate of drug-likeness (QED) is 0.731. The van der Waals surface area contributed by atoms with Crippen molar-refractivity contribution in [3.05, 3.63) is 53.2 Å². The molecule has 0 saturated heterocycles. The lowest BCUT2D eigenvalue weighted by molar-refractivity contribution is 0.294. The maximum absolute atomic E-state index is 5.79. The monoisotopic (exact) mass is 267 g/mol. The van der Waals surface area contributed by atoms with Crippen LogP contribution in [0.3, 0.4) is 0 Å². The van der Waals surface area contributed by atoms with Crippen LogP contribution in [0.15, 0.2) is 36.4 Å². The third-order valence-corrected chi connectivity index (χ3v) is 3.37. The Balaban J connectivity index is 1.91. The summed E-state index contributed by atoms with van der Waals surface area (Å²) in [5.41, 5.74) is 4.14. The van der Waals surface area contributed by atoms with E-state index in [1.807, 2.05) is 50.4 Å². The molecular formula is C16H17N3O. The largest absolute Gasteiger partial charge is 0.473 e. The molecule has 4 heteroatoms. The molecule has 1 aromatic carbocycles. The second-order valence-electron chi connectivity index (χ2n) is 4.96. The van der Waals surface area contributed by atoms with E-state index < -0.39 is 0 Å². The Kier molecular flexibility index (Phi) is 3.14. The van der Waals surface area contributed by atoms with Gasteiger partial charge in [0.05, 0.1) is 5.69 Å². The average molecular weight is 267 g/mol. The van der Waals surface area contributed by atoms with Gasteiger partial charge in [-0.1, -0.05) is 30.3 Å². The van der Waals surface area contributed by atoms with Gasteiger partial charge in [0.15, 0.2) is 5.65 Å². The number of aryl methyl sites for hydroxylation is 3. The second-order valence-corrected chi connectivity index (χ2v) is 4.96. The fourth-order valence-corrected chi connectivity index (χ4v) is 2.44. The number of ether oxygens (including phenoxy) is 1. The summed E-state index contributed by atoms with van der Waals surface area (Å²) in [6, 6.07) is 12.1. The van der Waals surface area contributed by atoms with Crippen LogP contribution in [0.2, 0.25) is 0 Å². The van der Waals surface area contributed by atoms with E-state index in [1.54, 1.807) is 4.68 Å². The van der Waals surface area contributed by atoms with Gasteiger partial charge in [0.1, 0.15) is 6.61 Å². The molecule has 20 heavy (non-hydrogen) atoms. The number of fused-ring (bicyclic) bond motifs is 1. The van der Waals surface area contributed by atoms with E-state index >= 15 is 0 Å². The molecule has 2 aromatic heterocycles. The van der Waals surface area contributed by atoms with E-state index in [-0.39, 0.29) is 0 Å². The summed E-state index contributed by atoms with van der Waals surface area (Å²) >= 11 is 0. The van der Waals surface area contributed by atoms with Crippen LogP contribution in [-0.4, -0.2) is 14.8 Å². The summed E-state index contributed by atoms with van der Waals surface area (Å²) in [6.07, 6.45) is 0. The predicted molar refractivity (Wildman–Crippen MR) is 78.8 cm³/mol. The first-order valence-corrected chi connectivity index (χ1v) is 6.63. The number of aromatic nitrogens is 3. The molecule has 0 saturated carbocycles. The lowest BCUT2D eigenvalue weighted by Gasteiger charge is -2.07. The highest BCUT2D eigenvalue weighted by molar-refractivity contribution is 5.82. The topological polar surface area (TPSA) is 39.9 Å². The van der Waals surface area contributed by atoms with Gasteiger partial charge in [-0.15, -0.1) is 0 Å². The molecule has 3 rings (SSSR count). The van der Waals surface area contributed by atoms with Gasteiger partial charge in [-0.25, -0.2) is 0 Å². The normalized spacial score (nSPS) is 10.9. The molecule has 0 bridgehead atoms. The molecule has 0 aliphatic carbocycles. The zero-order chi connectivity index (χ0) is 14.1. The molecule has 0 spiro atoms. The van der Waals surface area contributed by atoms with Crippen molar-refractivity contribution >= 4 is 11.0 Å². The number of hydrogen-bond donors (Lipinski definition) is 0. The van der Waals surface area contributed by atoms with Crippen LogP contribution < -0.4 is 4.74 Å². The van der Waals surface area contributed by atoms with Crippen molar-refractivity contribution in [2.45, 2.75) is 20.5 Å². The standard InChI is InChI=1S/C16H17N3O/c1-11-9-14(20-10-13-7-5-4-6-8-13)17-16-15(11)12(2)18-19(16)3/h4-9H,10H2,1-3H3. The third-order valence-electron chi connectivity index (χ3n) is 3.37. The average Bonchev–Trinajstić information content (AvgIpc) is 2.73. The highest BCUT2D eigenvalue weighted by atomic mass is 16.5. The molecular weight excluding hydrogens is 250 g/mol. The summed E-state index contributed by atoms with van der Waals surface area (Å²) in [7, 11) is 1.91. The minimum Gasteiger partial charge on any atom is -0.473 e. The molecule has 0 atom stereocenters. The molecule has 0 aliphatic heterocycles. The zero-order valence-corrected chi connectivity index (χ0v) is 11.9. The van der Waals surface area contributed by atoms with Crippen LogP contribution in [0.1, 0.15) is 16.8 Å². The van der Waals surface area contributed by atoms with E-state index in [9.17, 15) is 0 Å². The van der Waals surface area contributed by atoms with E-state index in [2.05, 4.69) is 17.0 Å². The molecule has 0 amide bonds. The van der Waals surface area contributed by atoms with Crippen molar-refractivity contribution in [2.75, 3.05) is 0 Å². The van der Waals surface area contributed by atoms with Gasteiger partial charge in [-0.2, -0.15) is 10.1 Å². The fraction of sp³-hybridized carbons (Fsp3) is 0.250. The minimum atomic E-state index is 0.523. The second kappa shape index (κ2) is 4.96. The highest BCUT2D eigenvalue weighted by Crippen LogP contribution is 2.24. The third kappa shape index (κ3) is 2.25. The van der Waals surface area contributed by atoms with Gasteiger partial charge < -0.3 is 4.74 Å². The van der Waals surface area contributed by atoms with E-state index in [1.165, 1.54) is 0 Å². The van der Waals surface area contributed by atoms with Gasteiger partial charge in [0.25, 0.3) is 0 Å². The molecule has 0 aliphatic rings. The van der Waals surface area contributed by atoms with Crippen LogP contribution in [0.4, 0.5) is 0 Å². The molecule has 0 radical (unpaired) electrons. The molecule has 3 aromatic rings. The van der Waals surface area contributed by atoms with Crippen molar-refractivity contribution in [1.29, 1.82) is 0 Å². The van der Waals surface area contributed by atoms with Crippen molar-refractivity contribution in [3.63, 3.8) is 0 Å². The van der Waals surface area contributed by atoms with Gasteiger partial charge in [-0.3, -0.25) is 4.68 Å². The van der Waals surface area contributed by atoms with Gasteiger partial charge in [0, 0.05) is 18.5 Å². The number of rotatable bonds is 3. The smallest absolute Gasteiger partial charge is 0.215 e. The summed E-state index contributed by atoms with van der Waals surface area (Å²) in [4.78, 5) is 4.55. The molecule has 102 valence electrons. The van der Waals surface area contributed by atoms with Gasteiger partial charge in [-0.05, 0) is 25.0 Å². The van der Waals surface area contributed by atoms with Crippen LogP contribution in [0.5, 0.6) is 5.88 Å². The number of hydrogen-bond acceptors (Lipinski definition) is 3. The Bertz CT molecular complexity index is 747. The summed E-state index contributed by atoms with van der Waals surface area (Å²) in [5.74, 6) is 0.641. The van der Waals surface area contributed by atoms with Crippen LogP contribution in [0, 0.1) is 13.8 Å². The maximum atomic E-state index is 5.79. The Morgan fingerprint density at radius 2 is 1.90 bits per heavy atom. The Morgan fingerprint density at radius 3 is 2.65 bits per heavy atom. The van der Waals surface area contributed by atoms with Crippen molar-refractivity contribution in [3.8, 4) is 5.88 Å². The Labute approximate surface area is 118 Å². The van der Waals surface area contributed by atoms with E-state index in [0.717, 1.165) is 27.9 Å². The summed E-state index contributed by atoms with van der Waals surface area (Å²) in [5, 5.41) is 5.52. The zero-order valence-electron chi connectivity index (χ0n) is 11.9. The highest BCUT2D eigenvalue weighted by Gasteiger charge is 2.11. The number of benzene rings is 1. The molecule has 4 nitrogen and oxygen atoms in total. The van der Waals surface area contributed by atoms with Gasteiger partial charge in [0.2, 0.25) is 5.88 Å². The van der Waals surface area contributed by atoms with Gasteiger partial charge >= 0.3 is 0 Å². The lowest BCUT2D eigenvalue weighted by Crippen LogP contribution is -1.99. The summed E-state index contributed by atoms with van der Waals surface area (Å²) < 4.78 is 7.59. The van der Waals surface area contributed by atoms with E-state index in [4.69, 9.17) is 4.74 Å². The fourth-order valence-electron chi connectivity index (χ4n) is 2.44. The summed E-state index contributed by atoms with van der Waals surface area (Å²) in [6.45, 7) is 4.59. The first kappa shape index (κ1) is 12.7. The van der Waals surface area contributed by atoms with Crippen LogP contribution >= 0.6 is 0 Å². The lowest BCUT2D eigenvalue weighted by atomic mass is 10.2. The molecule has 0 N–H and O–H groups in total. The first-order chi connectivity index (χ1) is 9.65. The number of pyridine rings is 1. The first-order valence-electron chi connectivity index (χ1n) is 6.63. The van der Waals surface area contributed by atoms with Crippen molar-refractivity contribution in [1.82, 2.24) is 14.8 Å². The van der Waals surface area contributed by atoms with Crippen LogP contribution in [0.25, 0.3) is 11.0 Å². The van der Waals surface area contributed by atoms with E-state index in [0.29, 0.717) is 12.5 Å². The predicted octanol–water partition coefficient (Wildman–Crippen LogP) is 3.16. The Morgan fingerprint density at radius 1 is 1.15 bits per heavy atom. The van der Waals surface area contributed by atoms with Crippen molar-refractivity contribution < 1.29 is 4.74 Å². The number of nitrogens with zero attached hydrogens (tertiary/aromatic N) is 3. The minimum absolute atomic E-state index is 0.523. The maximum Gasteiger partial charge on any atom is 0.215 e. The molecule has 0 unspecified atom stereocenters.